The fourth-order valence-electron chi connectivity index (χ4n) is 4.65. The van der Waals surface area contributed by atoms with E-state index in [1.165, 1.54) is 6.07 Å². The molecule has 3 aromatic rings. The fraction of sp³-hybridized carbons (Fsp3) is 0.393. The van der Waals surface area contributed by atoms with E-state index < -0.39 is 10.0 Å². The molecule has 0 fully saturated rings. The molecule has 2 N–H and O–H groups in total. The number of aliphatic hydroxyl groups excluding tert-OH is 1. The SMILES string of the molecule is C[C@H]1CN([C@@H](C)CO)C(=O)Cc2cc(NS(=O)(=O)c3cccs3)ccc2O[C@H]1CN(C)Cc1ccc(Cl)c(Cl)c1. The lowest BCUT2D eigenvalue weighted by molar-refractivity contribution is -0.134. The number of aliphatic hydroxyl groups is 1. The van der Waals surface area contributed by atoms with Crippen molar-refractivity contribution in [3.63, 3.8) is 0 Å². The van der Waals surface area contributed by atoms with E-state index in [1.807, 2.05) is 26.1 Å². The van der Waals surface area contributed by atoms with Gasteiger partial charge in [0, 0.05) is 36.8 Å². The van der Waals surface area contributed by atoms with E-state index in [0.717, 1.165) is 16.9 Å². The Morgan fingerprint density at radius 3 is 2.65 bits per heavy atom. The number of hydrogen-bond donors (Lipinski definition) is 2. The highest BCUT2D eigenvalue weighted by Crippen LogP contribution is 2.31. The van der Waals surface area contributed by atoms with Crippen LogP contribution in [0.5, 0.6) is 5.75 Å². The zero-order valence-electron chi connectivity index (χ0n) is 22.5. The lowest BCUT2D eigenvalue weighted by Crippen LogP contribution is -2.47. The molecule has 0 unspecified atom stereocenters. The molecule has 1 amide bonds. The summed E-state index contributed by atoms with van der Waals surface area (Å²) < 4.78 is 35.0. The zero-order chi connectivity index (χ0) is 29.0. The summed E-state index contributed by atoms with van der Waals surface area (Å²) >= 11 is 13.4. The Morgan fingerprint density at radius 2 is 1.98 bits per heavy atom. The number of ether oxygens (including phenoxy) is 1. The quantitative estimate of drug-likeness (QED) is 0.342. The first-order valence-electron chi connectivity index (χ1n) is 12.9. The molecule has 0 spiro atoms. The molecule has 12 heteroatoms. The maximum atomic E-state index is 13.4. The van der Waals surface area contributed by atoms with E-state index in [2.05, 4.69) is 9.62 Å². The summed E-state index contributed by atoms with van der Waals surface area (Å²) in [7, 11) is -1.78. The van der Waals surface area contributed by atoms with Crippen LogP contribution in [0.2, 0.25) is 10.0 Å². The number of carbonyl (C=O) groups excluding carboxylic acids is 1. The fourth-order valence-corrected chi connectivity index (χ4v) is 7.02. The first-order valence-corrected chi connectivity index (χ1v) is 16.0. The lowest BCUT2D eigenvalue weighted by atomic mass is 10.0. The van der Waals surface area contributed by atoms with E-state index in [4.69, 9.17) is 27.9 Å². The molecule has 0 aliphatic carbocycles. The van der Waals surface area contributed by atoms with Crippen molar-refractivity contribution in [2.24, 2.45) is 5.92 Å². The number of benzene rings is 2. The number of likely N-dealkylation sites (N-methyl/N-ethyl adjacent to an activating group) is 1. The van der Waals surface area contributed by atoms with Crippen molar-refractivity contribution in [1.82, 2.24) is 9.80 Å². The van der Waals surface area contributed by atoms with Gasteiger partial charge in [-0.05, 0) is 61.3 Å². The first-order chi connectivity index (χ1) is 19.0. The topological polar surface area (TPSA) is 99.2 Å². The molecule has 8 nitrogen and oxygen atoms in total. The monoisotopic (exact) mass is 625 g/mol. The smallest absolute Gasteiger partial charge is 0.271 e. The number of sulfonamides is 1. The van der Waals surface area contributed by atoms with Crippen molar-refractivity contribution >= 4 is 56.2 Å². The van der Waals surface area contributed by atoms with Gasteiger partial charge in [-0.1, -0.05) is 42.3 Å². The van der Waals surface area contributed by atoms with Gasteiger partial charge in [-0.2, -0.15) is 0 Å². The highest BCUT2D eigenvalue weighted by Gasteiger charge is 2.31. The highest BCUT2D eigenvalue weighted by molar-refractivity contribution is 7.94. The third-order valence-electron chi connectivity index (χ3n) is 6.86. The van der Waals surface area contributed by atoms with Crippen molar-refractivity contribution < 1.29 is 23.1 Å². The molecule has 40 heavy (non-hydrogen) atoms. The molecular weight excluding hydrogens is 593 g/mol. The highest BCUT2D eigenvalue weighted by atomic mass is 35.5. The number of hydrogen-bond acceptors (Lipinski definition) is 7. The van der Waals surface area contributed by atoms with Gasteiger partial charge in [-0.3, -0.25) is 14.4 Å². The van der Waals surface area contributed by atoms with Gasteiger partial charge in [-0.15, -0.1) is 11.3 Å². The van der Waals surface area contributed by atoms with Crippen molar-refractivity contribution in [3.05, 3.63) is 75.1 Å². The zero-order valence-corrected chi connectivity index (χ0v) is 25.7. The number of nitrogens with zero attached hydrogens (tertiary/aromatic N) is 2. The van der Waals surface area contributed by atoms with E-state index in [0.29, 0.717) is 46.7 Å². The van der Waals surface area contributed by atoms with Gasteiger partial charge in [0.1, 0.15) is 16.1 Å². The van der Waals surface area contributed by atoms with Crippen LogP contribution in [0.3, 0.4) is 0 Å². The normalized spacial score (nSPS) is 18.9. The summed E-state index contributed by atoms with van der Waals surface area (Å²) in [6.45, 7) is 5.21. The second-order valence-corrected chi connectivity index (χ2v) is 13.9. The number of anilines is 1. The number of halogens is 2. The minimum absolute atomic E-state index is 0.00674. The minimum Gasteiger partial charge on any atom is -0.488 e. The number of nitrogens with one attached hydrogen (secondary N) is 1. The summed E-state index contributed by atoms with van der Waals surface area (Å²) in [6.07, 6.45) is -0.299. The van der Waals surface area contributed by atoms with E-state index in [-0.39, 0.29) is 41.2 Å². The molecule has 3 atom stereocenters. The van der Waals surface area contributed by atoms with Crippen molar-refractivity contribution in [3.8, 4) is 5.75 Å². The van der Waals surface area contributed by atoms with Crippen LogP contribution in [0, 0.1) is 5.92 Å². The maximum Gasteiger partial charge on any atom is 0.271 e. The predicted octanol–water partition coefficient (Wildman–Crippen LogP) is 5.14. The molecule has 1 aliphatic rings. The molecule has 216 valence electrons. The number of rotatable bonds is 9. The Kier molecular flexibility index (Phi) is 10.0. The molecule has 2 aromatic carbocycles. The summed E-state index contributed by atoms with van der Waals surface area (Å²) in [5.74, 6) is 0.282. The van der Waals surface area contributed by atoms with Crippen molar-refractivity contribution in [2.75, 3.05) is 31.5 Å². The van der Waals surface area contributed by atoms with Gasteiger partial charge in [0.25, 0.3) is 10.0 Å². The van der Waals surface area contributed by atoms with Crippen LogP contribution in [-0.4, -0.2) is 68.1 Å². The second-order valence-electron chi connectivity index (χ2n) is 10.2. The molecule has 0 radical (unpaired) electrons. The second kappa shape index (κ2) is 13.1. The van der Waals surface area contributed by atoms with Crippen LogP contribution in [0.4, 0.5) is 5.69 Å². The molecule has 0 bridgehead atoms. The summed E-state index contributed by atoms with van der Waals surface area (Å²) in [5, 5.41) is 12.6. The van der Waals surface area contributed by atoms with Crippen LogP contribution in [0.25, 0.3) is 0 Å². The Labute approximate surface area is 249 Å². The molecule has 0 saturated carbocycles. The standard InChI is InChI=1S/C28H33Cl2N3O5S2/c1-18-14-33(19(2)17-34)27(35)13-21-12-22(31-40(36,37)28-5-4-10-39-28)7-9-25(21)38-26(18)16-32(3)15-20-6-8-23(29)24(30)11-20/h4-12,18-19,26,31,34H,13-17H2,1-3H3/t18-,19-,26-/m0/s1. The molecule has 2 heterocycles. The van der Waals surface area contributed by atoms with Crippen LogP contribution < -0.4 is 9.46 Å². The predicted molar refractivity (Wildman–Crippen MR) is 160 cm³/mol. The average Bonchev–Trinajstić information content (AvgIpc) is 3.46. The number of fused-ring (bicyclic) bond motifs is 1. The Balaban J connectivity index is 1.62. The Hall–Kier alpha value is -2.34. The summed E-state index contributed by atoms with van der Waals surface area (Å²) in [5.41, 5.74) is 1.91. The van der Waals surface area contributed by atoms with Crippen LogP contribution in [0.1, 0.15) is 25.0 Å². The molecule has 1 aromatic heterocycles. The average molecular weight is 627 g/mol. The van der Waals surface area contributed by atoms with E-state index in [1.54, 1.807) is 47.5 Å². The van der Waals surface area contributed by atoms with Crippen molar-refractivity contribution in [2.45, 2.75) is 43.2 Å². The Morgan fingerprint density at radius 1 is 1.20 bits per heavy atom. The van der Waals surface area contributed by atoms with Crippen molar-refractivity contribution in [1.29, 1.82) is 0 Å². The van der Waals surface area contributed by atoms with Crippen LogP contribution in [0.15, 0.2) is 58.1 Å². The van der Waals surface area contributed by atoms with Gasteiger partial charge < -0.3 is 14.7 Å². The van der Waals surface area contributed by atoms with Crippen LogP contribution in [-0.2, 0) is 27.8 Å². The lowest BCUT2D eigenvalue weighted by Gasteiger charge is -2.34. The molecule has 4 rings (SSSR count). The molecule has 0 saturated heterocycles. The minimum atomic E-state index is -3.76. The van der Waals surface area contributed by atoms with Gasteiger partial charge >= 0.3 is 0 Å². The van der Waals surface area contributed by atoms with E-state index in [9.17, 15) is 18.3 Å². The summed E-state index contributed by atoms with van der Waals surface area (Å²) in [6, 6.07) is 13.4. The number of amides is 1. The maximum absolute atomic E-state index is 13.4. The van der Waals surface area contributed by atoms with Gasteiger partial charge in [0.15, 0.2) is 0 Å². The molecular formula is C28H33Cl2N3O5S2. The first kappa shape index (κ1) is 30.6. The largest absolute Gasteiger partial charge is 0.488 e. The third kappa shape index (κ3) is 7.48. The van der Waals surface area contributed by atoms with Gasteiger partial charge in [0.05, 0.1) is 29.1 Å². The van der Waals surface area contributed by atoms with Gasteiger partial charge in [-0.25, -0.2) is 8.42 Å². The molecule has 1 aliphatic heterocycles. The van der Waals surface area contributed by atoms with Gasteiger partial charge in [0.2, 0.25) is 5.91 Å². The van der Waals surface area contributed by atoms with E-state index >= 15 is 0 Å². The summed E-state index contributed by atoms with van der Waals surface area (Å²) in [4.78, 5) is 17.2. The third-order valence-corrected chi connectivity index (χ3v) is 10.4. The Bertz CT molecular complexity index is 1440. The van der Waals surface area contributed by atoms with Crippen LogP contribution >= 0.6 is 34.5 Å². The number of carbonyl (C=O) groups is 1. The number of thiophene rings is 1.